The molecule has 0 fully saturated rings. The Morgan fingerprint density at radius 2 is 1.71 bits per heavy atom. The summed E-state index contributed by atoms with van der Waals surface area (Å²) in [5.41, 5.74) is 9.22. The first-order valence-corrected chi connectivity index (χ1v) is 10.5. The summed E-state index contributed by atoms with van der Waals surface area (Å²) < 4.78 is 5.77. The minimum Gasteiger partial charge on any atom is -0.508 e. The van der Waals surface area contributed by atoms with Gasteiger partial charge in [-0.2, -0.15) is 0 Å². The molecule has 2 aromatic rings. The third-order valence-electron chi connectivity index (χ3n) is 5.93. The van der Waals surface area contributed by atoms with Crippen LogP contribution in [0.1, 0.15) is 57.7 Å². The summed E-state index contributed by atoms with van der Waals surface area (Å²) in [6.07, 6.45) is 0.994. The van der Waals surface area contributed by atoms with Crippen LogP contribution in [0.25, 0.3) is 0 Å². The molecule has 28 heavy (non-hydrogen) atoms. The van der Waals surface area contributed by atoms with Crippen molar-refractivity contribution >= 4 is 0 Å². The van der Waals surface area contributed by atoms with E-state index in [9.17, 15) is 5.11 Å². The fourth-order valence-corrected chi connectivity index (χ4v) is 4.68. The first kappa shape index (κ1) is 22.4. The predicted molar refractivity (Wildman–Crippen MR) is 117 cm³/mol. The number of hydrogen-bond donors (Lipinski definition) is 2. The van der Waals surface area contributed by atoms with Crippen molar-refractivity contribution in [3.05, 3.63) is 65.2 Å². The van der Waals surface area contributed by atoms with E-state index in [1.807, 2.05) is 18.2 Å². The van der Waals surface area contributed by atoms with E-state index in [0.717, 1.165) is 24.2 Å². The summed E-state index contributed by atoms with van der Waals surface area (Å²) >= 11 is 0. The molecule has 0 aliphatic carbocycles. The van der Waals surface area contributed by atoms with Crippen molar-refractivity contribution in [2.75, 3.05) is 13.2 Å². The number of rotatable bonds is 10. The van der Waals surface area contributed by atoms with Crippen molar-refractivity contribution in [2.45, 2.75) is 53.1 Å². The molecule has 0 radical (unpaired) electrons. The molecule has 0 amide bonds. The second-order valence-corrected chi connectivity index (χ2v) is 8.38. The fourth-order valence-electron chi connectivity index (χ4n) is 4.68. The van der Waals surface area contributed by atoms with Gasteiger partial charge in [-0.05, 0) is 54.0 Å². The molecule has 0 saturated carbocycles. The molecule has 0 spiro atoms. The lowest BCUT2D eigenvalue weighted by molar-refractivity contribution is 0.121. The average Bonchev–Trinajstić information content (AvgIpc) is 2.68. The second-order valence-electron chi connectivity index (χ2n) is 8.38. The van der Waals surface area contributed by atoms with Gasteiger partial charge in [0.2, 0.25) is 0 Å². The van der Waals surface area contributed by atoms with Crippen LogP contribution in [0.15, 0.2) is 48.5 Å². The van der Waals surface area contributed by atoms with E-state index in [-0.39, 0.29) is 17.3 Å². The molecule has 0 heterocycles. The monoisotopic (exact) mass is 383 g/mol. The van der Waals surface area contributed by atoms with Crippen LogP contribution in [0.5, 0.6) is 5.75 Å². The zero-order chi connectivity index (χ0) is 20.7. The highest BCUT2D eigenvalue weighted by Gasteiger charge is 2.46. The summed E-state index contributed by atoms with van der Waals surface area (Å²) in [6, 6.07) is 16.4. The van der Waals surface area contributed by atoms with Crippen molar-refractivity contribution < 1.29 is 9.84 Å². The van der Waals surface area contributed by atoms with Gasteiger partial charge in [0.15, 0.2) is 0 Å². The summed E-state index contributed by atoms with van der Waals surface area (Å²) in [5.74, 6) is 1.14. The normalized spacial score (nSPS) is 15.0. The molecule has 0 aliphatic heterocycles. The molecule has 2 aromatic carbocycles. The maximum absolute atomic E-state index is 11.0. The Hall–Kier alpha value is -1.84. The van der Waals surface area contributed by atoms with Crippen LogP contribution in [0.3, 0.4) is 0 Å². The number of ether oxygens (including phenoxy) is 1. The minimum absolute atomic E-state index is 0.188. The van der Waals surface area contributed by atoms with E-state index in [0.29, 0.717) is 24.8 Å². The molecule has 0 bridgehead atoms. The molecule has 2 unspecified atom stereocenters. The van der Waals surface area contributed by atoms with Gasteiger partial charge in [-0.1, -0.05) is 71.0 Å². The van der Waals surface area contributed by atoms with E-state index >= 15 is 0 Å². The van der Waals surface area contributed by atoms with Crippen molar-refractivity contribution in [2.24, 2.45) is 23.5 Å². The highest BCUT2D eigenvalue weighted by molar-refractivity contribution is 5.50. The number of phenolic OH excluding ortho intramolecular Hbond substituents is 1. The van der Waals surface area contributed by atoms with Gasteiger partial charge < -0.3 is 15.6 Å². The lowest BCUT2D eigenvalue weighted by atomic mass is 9.56. The van der Waals surface area contributed by atoms with Crippen LogP contribution in [-0.2, 0) is 16.8 Å². The van der Waals surface area contributed by atoms with Gasteiger partial charge in [-0.25, -0.2) is 0 Å². The van der Waals surface area contributed by atoms with E-state index in [2.05, 4.69) is 65.0 Å². The fraction of sp³-hybridized carbons (Fsp3) is 0.520. The van der Waals surface area contributed by atoms with Crippen molar-refractivity contribution in [3.63, 3.8) is 0 Å². The molecule has 0 aliphatic rings. The molecule has 154 valence electrons. The topological polar surface area (TPSA) is 55.5 Å². The van der Waals surface area contributed by atoms with E-state index in [1.54, 1.807) is 0 Å². The van der Waals surface area contributed by atoms with E-state index in [1.165, 1.54) is 5.56 Å². The van der Waals surface area contributed by atoms with Gasteiger partial charge >= 0.3 is 0 Å². The number of hydrogen-bond acceptors (Lipinski definition) is 3. The Bertz CT molecular complexity index is 727. The number of nitrogens with two attached hydrogens (primary N) is 1. The quantitative estimate of drug-likeness (QED) is 0.533. The molecule has 2 rings (SSSR count). The van der Waals surface area contributed by atoms with Crippen LogP contribution in [-0.4, -0.2) is 18.3 Å². The average molecular weight is 384 g/mol. The molecule has 3 nitrogen and oxygen atoms in total. The minimum atomic E-state index is -0.380. The van der Waals surface area contributed by atoms with Gasteiger partial charge in [0.25, 0.3) is 0 Å². The lowest BCUT2D eigenvalue weighted by Gasteiger charge is -2.47. The molecule has 2 atom stereocenters. The molecule has 0 saturated heterocycles. The van der Waals surface area contributed by atoms with Crippen molar-refractivity contribution in [1.82, 2.24) is 0 Å². The summed E-state index contributed by atoms with van der Waals surface area (Å²) in [5, 5.41) is 11.0. The van der Waals surface area contributed by atoms with Gasteiger partial charge in [-0.15, -0.1) is 0 Å². The van der Waals surface area contributed by atoms with Crippen LogP contribution in [0, 0.1) is 17.8 Å². The highest BCUT2D eigenvalue weighted by atomic mass is 16.5. The van der Waals surface area contributed by atoms with Crippen molar-refractivity contribution in [1.29, 1.82) is 0 Å². The smallest absolute Gasteiger partial charge is 0.119 e. The third-order valence-corrected chi connectivity index (χ3v) is 5.93. The van der Waals surface area contributed by atoms with E-state index < -0.39 is 0 Å². The second kappa shape index (κ2) is 10.1. The Kier molecular flexibility index (Phi) is 8.09. The Morgan fingerprint density at radius 3 is 2.25 bits per heavy atom. The summed E-state index contributed by atoms with van der Waals surface area (Å²) in [4.78, 5) is 0. The highest BCUT2D eigenvalue weighted by Crippen LogP contribution is 2.50. The number of benzene rings is 2. The zero-order valence-electron chi connectivity index (χ0n) is 18.1. The largest absolute Gasteiger partial charge is 0.508 e. The maximum Gasteiger partial charge on any atom is 0.119 e. The Balaban J connectivity index is 2.73. The molecular weight excluding hydrogens is 346 g/mol. The van der Waals surface area contributed by atoms with Gasteiger partial charge in [0, 0.05) is 17.6 Å². The molecule has 3 N–H and O–H groups in total. The van der Waals surface area contributed by atoms with Crippen LogP contribution in [0.4, 0.5) is 0 Å². The number of phenols is 1. The maximum atomic E-state index is 11.0. The molecule has 0 aromatic heterocycles. The summed E-state index contributed by atoms with van der Waals surface area (Å²) in [7, 11) is 0. The lowest BCUT2D eigenvalue weighted by Crippen LogP contribution is -2.47. The molecular formula is C25H37NO2. The van der Waals surface area contributed by atoms with Crippen LogP contribution >= 0.6 is 0 Å². The Morgan fingerprint density at radius 1 is 1.04 bits per heavy atom. The third kappa shape index (κ3) is 4.42. The first-order valence-electron chi connectivity index (χ1n) is 10.5. The SMILES string of the molecule is CCCOCc1ccc(O)c(C(c2ccccc2)(C(C)C)C(CN)C(C)C)c1. The first-order chi connectivity index (χ1) is 13.4. The van der Waals surface area contributed by atoms with Crippen LogP contribution < -0.4 is 5.73 Å². The number of aromatic hydroxyl groups is 1. The predicted octanol–water partition coefficient (Wildman–Crippen LogP) is 5.49. The standard InChI is InChI=1S/C25H37NO2/c1-6-14-28-17-20-12-13-24(27)22(15-20)25(19(4)5,23(16-26)18(2)3)21-10-8-7-9-11-21/h7-13,15,18-19,23,27H,6,14,16-17,26H2,1-5H3. The van der Waals surface area contributed by atoms with Crippen molar-refractivity contribution in [3.8, 4) is 5.75 Å². The summed E-state index contributed by atoms with van der Waals surface area (Å²) in [6.45, 7) is 12.9. The zero-order valence-corrected chi connectivity index (χ0v) is 18.1. The van der Waals surface area contributed by atoms with E-state index in [4.69, 9.17) is 10.5 Å². The van der Waals surface area contributed by atoms with Crippen LogP contribution in [0.2, 0.25) is 0 Å². The van der Waals surface area contributed by atoms with Gasteiger partial charge in [-0.3, -0.25) is 0 Å². The van der Waals surface area contributed by atoms with Gasteiger partial charge in [0.1, 0.15) is 5.75 Å². The van der Waals surface area contributed by atoms with Gasteiger partial charge in [0.05, 0.1) is 6.61 Å². The molecule has 3 heteroatoms. The Labute approximate surface area is 170 Å².